The number of fused-ring (bicyclic) bond motifs is 1. The first-order valence-corrected chi connectivity index (χ1v) is 7.89. The molecule has 0 saturated carbocycles. The highest BCUT2D eigenvalue weighted by atomic mass is 16.5. The summed E-state index contributed by atoms with van der Waals surface area (Å²) in [5.41, 5.74) is 4.22. The maximum Gasteiger partial charge on any atom is 0.119 e. The van der Waals surface area contributed by atoms with Crippen LogP contribution in [0.1, 0.15) is 36.1 Å². The van der Waals surface area contributed by atoms with E-state index in [0.717, 1.165) is 31.7 Å². The van der Waals surface area contributed by atoms with Gasteiger partial charge >= 0.3 is 0 Å². The first kappa shape index (κ1) is 14.2. The second-order valence-corrected chi connectivity index (χ2v) is 5.59. The third kappa shape index (κ3) is 3.45. The molecular formula is C19H23NO. The third-order valence-electron chi connectivity index (χ3n) is 4.15. The van der Waals surface area contributed by atoms with E-state index in [4.69, 9.17) is 4.74 Å². The molecule has 0 saturated heterocycles. The van der Waals surface area contributed by atoms with Gasteiger partial charge in [-0.1, -0.05) is 43.3 Å². The van der Waals surface area contributed by atoms with Gasteiger partial charge in [-0.2, -0.15) is 0 Å². The second kappa shape index (κ2) is 6.77. The molecule has 1 aliphatic carbocycles. The molecule has 0 fully saturated rings. The summed E-state index contributed by atoms with van der Waals surface area (Å²) in [5.74, 6) is 1.00. The zero-order valence-electron chi connectivity index (χ0n) is 12.6. The van der Waals surface area contributed by atoms with Crippen LogP contribution in [0.5, 0.6) is 5.75 Å². The van der Waals surface area contributed by atoms with Crippen LogP contribution in [0.4, 0.5) is 0 Å². The van der Waals surface area contributed by atoms with E-state index in [1.807, 2.05) is 6.07 Å². The fourth-order valence-corrected chi connectivity index (χ4v) is 3.07. The van der Waals surface area contributed by atoms with Gasteiger partial charge in [0.05, 0.1) is 6.61 Å². The zero-order valence-corrected chi connectivity index (χ0v) is 12.6. The van der Waals surface area contributed by atoms with Crippen LogP contribution >= 0.6 is 0 Å². The monoisotopic (exact) mass is 281 g/mol. The lowest BCUT2D eigenvalue weighted by Gasteiger charge is -2.13. The molecule has 2 nitrogen and oxygen atoms in total. The molecule has 0 spiro atoms. The molecule has 0 radical (unpaired) electrons. The van der Waals surface area contributed by atoms with Gasteiger partial charge in [-0.05, 0) is 48.2 Å². The summed E-state index contributed by atoms with van der Waals surface area (Å²) < 4.78 is 5.91. The smallest absolute Gasteiger partial charge is 0.119 e. The lowest BCUT2D eigenvalue weighted by Crippen LogP contribution is -2.18. The standard InChI is InChI=1S/C19H23NO/c1-2-20-19-11-8-16-14-17(9-10-18(16)19)21-13-12-15-6-4-3-5-7-15/h3-7,9-10,14,19-20H,2,8,11-13H2,1H3. The summed E-state index contributed by atoms with van der Waals surface area (Å²) >= 11 is 0. The fourth-order valence-electron chi connectivity index (χ4n) is 3.07. The maximum absolute atomic E-state index is 5.91. The minimum absolute atomic E-state index is 0.531. The predicted octanol–water partition coefficient (Wildman–Crippen LogP) is 3.90. The van der Waals surface area contributed by atoms with Gasteiger partial charge in [0, 0.05) is 12.5 Å². The molecule has 1 N–H and O–H groups in total. The summed E-state index contributed by atoms with van der Waals surface area (Å²) in [4.78, 5) is 0. The Morgan fingerprint density at radius 3 is 2.81 bits per heavy atom. The first-order valence-electron chi connectivity index (χ1n) is 7.89. The van der Waals surface area contributed by atoms with Crippen LogP contribution in [-0.2, 0) is 12.8 Å². The van der Waals surface area contributed by atoms with E-state index in [9.17, 15) is 0 Å². The maximum atomic E-state index is 5.91. The molecule has 2 aromatic carbocycles. The molecule has 1 atom stereocenters. The molecule has 2 aromatic rings. The Morgan fingerprint density at radius 1 is 1.14 bits per heavy atom. The number of hydrogen-bond acceptors (Lipinski definition) is 2. The van der Waals surface area contributed by atoms with Gasteiger partial charge in [0.2, 0.25) is 0 Å². The van der Waals surface area contributed by atoms with E-state index in [2.05, 4.69) is 54.7 Å². The molecule has 1 unspecified atom stereocenters. The van der Waals surface area contributed by atoms with Gasteiger partial charge in [0.15, 0.2) is 0 Å². The Morgan fingerprint density at radius 2 is 2.00 bits per heavy atom. The summed E-state index contributed by atoms with van der Waals surface area (Å²) in [5, 5.41) is 3.54. The van der Waals surface area contributed by atoms with Crippen LogP contribution < -0.4 is 10.1 Å². The number of aryl methyl sites for hydroxylation is 1. The van der Waals surface area contributed by atoms with E-state index < -0.39 is 0 Å². The number of ether oxygens (including phenoxy) is 1. The van der Waals surface area contributed by atoms with E-state index in [0.29, 0.717) is 6.04 Å². The lowest BCUT2D eigenvalue weighted by atomic mass is 10.1. The number of hydrogen-bond donors (Lipinski definition) is 1. The number of rotatable bonds is 6. The van der Waals surface area contributed by atoms with Crippen molar-refractivity contribution in [2.75, 3.05) is 13.2 Å². The average molecular weight is 281 g/mol. The highest BCUT2D eigenvalue weighted by molar-refractivity contribution is 5.40. The van der Waals surface area contributed by atoms with E-state index in [-0.39, 0.29) is 0 Å². The molecule has 21 heavy (non-hydrogen) atoms. The van der Waals surface area contributed by atoms with Gasteiger partial charge < -0.3 is 10.1 Å². The summed E-state index contributed by atoms with van der Waals surface area (Å²) in [6.07, 6.45) is 3.32. The molecule has 0 aliphatic heterocycles. The van der Waals surface area contributed by atoms with Crippen molar-refractivity contribution in [2.24, 2.45) is 0 Å². The van der Waals surface area contributed by atoms with Crippen LogP contribution in [-0.4, -0.2) is 13.2 Å². The van der Waals surface area contributed by atoms with Crippen molar-refractivity contribution in [3.63, 3.8) is 0 Å². The van der Waals surface area contributed by atoms with Crippen molar-refractivity contribution in [3.05, 3.63) is 65.2 Å². The van der Waals surface area contributed by atoms with Crippen molar-refractivity contribution in [3.8, 4) is 5.75 Å². The quantitative estimate of drug-likeness (QED) is 0.867. The van der Waals surface area contributed by atoms with Gasteiger partial charge in [0.25, 0.3) is 0 Å². The molecule has 0 bridgehead atoms. The Bertz CT molecular complexity index is 579. The van der Waals surface area contributed by atoms with Gasteiger partial charge in [0.1, 0.15) is 5.75 Å². The molecule has 0 heterocycles. The van der Waals surface area contributed by atoms with Crippen LogP contribution in [0.15, 0.2) is 48.5 Å². The molecule has 3 rings (SSSR count). The van der Waals surface area contributed by atoms with Crippen LogP contribution in [0, 0.1) is 0 Å². The number of benzene rings is 2. The second-order valence-electron chi connectivity index (χ2n) is 5.59. The normalized spacial score (nSPS) is 16.7. The highest BCUT2D eigenvalue weighted by Gasteiger charge is 2.21. The minimum atomic E-state index is 0.531. The SMILES string of the molecule is CCNC1CCc2cc(OCCc3ccccc3)ccc21. The molecule has 1 aliphatic rings. The Balaban J connectivity index is 1.58. The Labute approximate surface area is 127 Å². The first-order chi connectivity index (χ1) is 10.4. The molecule has 0 aromatic heterocycles. The summed E-state index contributed by atoms with van der Waals surface area (Å²) in [7, 11) is 0. The van der Waals surface area contributed by atoms with Crippen molar-refractivity contribution in [2.45, 2.75) is 32.2 Å². The van der Waals surface area contributed by atoms with Crippen molar-refractivity contribution in [1.82, 2.24) is 5.32 Å². The Hall–Kier alpha value is -1.80. The van der Waals surface area contributed by atoms with Crippen LogP contribution in [0.2, 0.25) is 0 Å². The molecule has 110 valence electrons. The predicted molar refractivity (Wildman–Crippen MR) is 86.8 cm³/mol. The van der Waals surface area contributed by atoms with E-state index >= 15 is 0 Å². The highest BCUT2D eigenvalue weighted by Crippen LogP contribution is 2.33. The molecule has 2 heteroatoms. The van der Waals surface area contributed by atoms with E-state index in [1.54, 1.807) is 0 Å². The topological polar surface area (TPSA) is 21.3 Å². The largest absolute Gasteiger partial charge is 0.493 e. The minimum Gasteiger partial charge on any atom is -0.493 e. The van der Waals surface area contributed by atoms with Crippen LogP contribution in [0.25, 0.3) is 0 Å². The van der Waals surface area contributed by atoms with Gasteiger partial charge in [-0.25, -0.2) is 0 Å². The average Bonchev–Trinajstić information content (AvgIpc) is 2.91. The number of nitrogens with one attached hydrogen (secondary N) is 1. The third-order valence-corrected chi connectivity index (χ3v) is 4.15. The fraction of sp³-hybridized carbons (Fsp3) is 0.368. The summed E-state index contributed by atoms with van der Waals surface area (Å²) in [6.45, 7) is 3.93. The van der Waals surface area contributed by atoms with Crippen molar-refractivity contribution >= 4 is 0 Å². The Kier molecular flexibility index (Phi) is 4.56. The zero-order chi connectivity index (χ0) is 14.5. The van der Waals surface area contributed by atoms with Crippen LogP contribution in [0.3, 0.4) is 0 Å². The van der Waals surface area contributed by atoms with Crippen molar-refractivity contribution in [1.29, 1.82) is 0 Å². The van der Waals surface area contributed by atoms with Gasteiger partial charge in [-0.15, -0.1) is 0 Å². The van der Waals surface area contributed by atoms with Crippen molar-refractivity contribution < 1.29 is 4.74 Å². The summed E-state index contributed by atoms with van der Waals surface area (Å²) in [6, 6.07) is 17.6. The molecular weight excluding hydrogens is 258 g/mol. The molecule has 0 amide bonds. The lowest BCUT2D eigenvalue weighted by molar-refractivity contribution is 0.321. The van der Waals surface area contributed by atoms with E-state index in [1.165, 1.54) is 23.1 Å². The van der Waals surface area contributed by atoms with Gasteiger partial charge in [-0.3, -0.25) is 0 Å².